The van der Waals surface area contributed by atoms with E-state index in [0.717, 1.165) is 5.76 Å². The van der Waals surface area contributed by atoms with Crippen molar-refractivity contribution in [1.82, 2.24) is 5.32 Å². The van der Waals surface area contributed by atoms with Gasteiger partial charge in [0.15, 0.2) is 6.23 Å². The van der Waals surface area contributed by atoms with E-state index in [4.69, 9.17) is 10.2 Å². The molecule has 0 saturated heterocycles. The summed E-state index contributed by atoms with van der Waals surface area (Å²) in [4.78, 5) is 0. The zero-order valence-corrected chi connectivity index (χ0v) is 6.37. The lowest BCUT2D eigenvalue weighted by molar-refractivity contribution is 0.114. The summed E-state index contributed by atoms with van der Waals surface area (Å²) in [5.74, 6) is 1.27. The number of aryl methyl sites for hydroxylation is 1. The number of hydrogen-bond donors (Lipinski definition) is 3. The lowest BCUT2D eigenvalue weighted by Crippen LogP contribution is -2.26. The van der Waals surface area contributed by atoms with Gasteiger partial charge in [0, 0.05) is 6.67 Å². The second-order valence-electron chi connectivity index (χ2n) is 2.26. The molecular weight excluding hydrogens is 144 g/mol. The van der Waals surface area contributed by atoms with Gasteiger partial charge in [-0.2, -0.15) is 0 Å². The molecular formula is C7H12N2O2. The molecule has 4 N–H and O–H groups in total. The van der Waals surface area contributed by atoms with Crippen molar-refractivity contribution < 1.29 is 9.52 Å². The van der Waals surface area contributed by atoms with Crippen molar-refractivity contribution in [3.05, 3.63) is 23.7 Å². The van der Waals surface area contributed by atoms with Crippen LogP contribution in [-0.4, -0.2) is 11.8 Å². The van der Waals surface area contributed by atoms with E-state index >= 15 is 0 Å². The number of rotatable bonds is 3. The van der Waals surface area contributed by atoms with Crippen LogP contribution >= 0.6 is 0 Å². The molecule has 1 aromatic rings. The van der Waals surface area contributed by atoms with Gasteiger partial charge in [0.05, 0.1) is 0 Å². The fourth-order valence-corrected chi connectivity index (χ4v) is 0.813. The fourth-order valence-electron chi connectivity index (χ4n) is 0.813. The largest absolute Gasteiger partial charge is 0.462 e. The molecule has 0 fully saturated rings. The Morgan fingerprint density at radius 2 is 2.45 bits per heavy atom. The first-order valence-corrected chi connectivity index (χ1v) is 3.42. The van der Waals surface area contributed by atoms with Crippen LogP contribution in [0.25, 0.3) is 0 Å². The fraction of sp³-hybridized carbons (Fsp3) is 0.429. The smallest absolute Gasteiger partial charge is 0.164 e. The van der Waals surface area contributed by atoms with Crippen LogP contribution in [0.1, 0.15) is 17.7 Å². The van der Waals surface area contributed by atoms with Crippen LogP contribution in [0.3, 0.4) is 0 Å². The second kappa shape index (κ2) is 3.52. The van der Waals surface area contributed by atoms with Crippen molar-refractivity contribution in [2.75, 3.05) is 6.67 Å². The first kappa shape index (κ1) is 8.26. The quantitative estimate of drug-likeness (QED) is 0.542. The van der Waals surface area contributed by atoms with Crippen LogP contribution in [0.2, 0.25) is 0 Å². The Balaban J connectivity index is 2.60. The normalized spacial score (nSPS) is 13.4. The monoisotopic (exact) mass is 156 g/mol. The average Bonchev–Trinajstić information content (AvgIpc) is 2.36. The maximum absolute atomic E-state index is 9.25. The van der Waals surface area contributed by atoms with Crippen molar-refractivity contribution in [1.29, 1.82) is 0 Å². The summed E-state index contributed by atoms with van der Waals surface area (Å²) in [5.41, 5.74) is 5.16. The second-order valence-corrected chi connectivity index (χ2v) is 2.26. The predicted octanol–water partition coefficient (Wildman–Crippen LogP) is 0.0847. The lowest BCUT2D eigenvalue weighted by Gasteiger charge is -2.06. The van der Waals surface area contributed by atoms with E-state index in [2.05, 4.69) is 5.32 Å². The van der Waals surface area contributed by atoms with E-state index in [-0.39, 0.29) is 6.67 Å². The van der Waals surface area contributed by atoms with Crippen molar-refractivity contribution in [2.45, 2.75) is 13.2 Å². The number of furan rings is 1. The molecule has 0 aliphatic rings. The van der Waals surface area contributed by atoms with Gasteiger partial charge in [-0.1, -0.05) is 0 Å². The topological polar surface area (TPSA) is 71.4 Å². The van der Waals surface area contributed by atoms with Crippen LogP contribution in [0.4, 0.5) is 0 Å². The number of aliphatic hydroxyl groups excluding tert-OH is 1. The summed E-state index contributed by atoms with van der Waals surface area (Å²) in [5, 5.41) is 11.9. The number of nitrogens with two attached hydrogens (primary N) is 1. The highest BCUT2D eigenvalue weighted by Crippen LogP contribution is 2.12. The van der Waals surface area contributed by atoms with Crippen LogP contribution in [-0.2, 0) is 0 Å². The molecule has 0 amide bonds. The molecule has 4 nitrogen and oxygen atoms in total. The van der Waals surface area contributed by atoms with Crippen LogP contribution in [0, 0.1) is 6.92 Å². The molecule has 1 atom stereocenters. The standard InChI is InChI=1S/C7H12N2O2/c1-5-2-3-6(11-5)7(10)9-4-8/h2-3,7,9-10H,4,8H2,1H3. The molecule has 1 aromatic heterocycles. The molecule has 0 spiro atoms. The molecule has 0 aromatic carbocycles. The van der Waals surface area contributed by atoms with Gasteiger partial charge in [-0.15, -0.1) is 0 Å². The van der Waals surface area contributed by atoms with Gasteiger partial charge in [0.25, 0.3) is 0 Å². The van der Waals surface area contributed by atoms with Gasteiger partial charge in [0.2, 0.25) is 0 Å². The number of aliphatic hydroxyl groups is 1. The Kier molecular flexibility index (Phi) is 2.64. The summed E-state index contributed by atoms with van der Waals surface area (Å²) >= 11 is 0. The van der Waals surface area contributed by atoms with E-state index in [1.807, 2.05) is 6.92 Å². The van der Waals surface area contributed by atoms with Gasteiger partial charge in [-0.05, 0) is 19.1 Å². The predicted molar refractivity (Wildman–Crippen MR) is 40.6 cm³/mol. The molecule has 62 valence electrons. The highest BCUT2D eigenvalue weighted by Gasteiger charge is 2.08. The number of hydrogen-bond acceptors (Lipinski definition) is 4. The van der Waals surface area contributed by atoms with E-state index in [1.165, 1.54) is 0 Å². The summed E-state index contributed by atoms with van der Waals surface area (Å²) < 4.78 is 5.13. The van der Waals surface area contributed by atoms with E-state index in [0.29, 0.717) is 5.76 Å². The molecule has 1 heterocycles. The van der Waals surface area contributed by atoms with Crippen LogP contribution in [0.15, 0.2) is 16.5 Å². The Hall–Kier alpha value is -0.840. The summed E-state index contributed by atoms with van der Waals surface area (Å²) in [6.07, 6.45) is -0.798. The third kappa shape index (κ3) is 2.04. The van der Waals surface area contributed by atoms with Crippen molar-refractivity contribution in [2.24, 2.45) is 5.73 Å². The Morgan fingerprint density at radius 3 is 2.91 bits per heavy atom. The summed E-state index contributed by atoms with van der Waals surface area (Å²) in [7, 11) is 0. The molecule has 4 heteroatoms. The Bertz CT molecular complexity index is 222. The van der Waals surface area contributed by atoms with Crippen LogP contribution in [0.5, 0.6) is 0 Å². The lowest BCUT2D eigenvalue weighted by atomic mass is 10.4. The van der Waals surface area contributed by atoms with Gasteiger partial charge < -0.3 is 15.3 Å². The minimum absolute atomic E-state index is 0.223. The molecule has 1 unspecified atom stereocenters. The van der Waals surface area contributed by atoms with Gasteiger partial charge >= 0.3 is 0 Å². The minimum atomic E-state index is -0.798. The summed E-state index contributed by atoms with van der Waals surface area (Å²) in [6, 6.07) is 3.50. The number of nitrogens with one attached hydrogen (secondary N) is 1. The van der Waals surface area contributed by atoms with E-state index in [9.17, 15) is 5.11 Å². The maximum atomic E-state index is 9.25. The first-order chi connectivity index (χ1) is 5.24. The minimum Gasteiger partial charge on any atom is -0.462 e. The molecule has 1 rings (SSSR count). The zero-order valence-electron chi connectivity index (χ0n) is 6.37. The molecule has 11 heavy (non-hydrogen) atoms. The zero-order chi connectivity index (χ0) is 8.27. The summed E-state index contributed by atoms with van der Waals surface area (Å²) in [6.45, 7) is 2.04. The van der Waals surface area contributed by atoms with Crippen molar-refractivity contribution in [3.8, 4) is 0 Å². The Morgan fingerprint density at radius 1 is 1.73 bits per heavy atom. The molecule has 0 saturated carbocycles. The average molecular weight is 156 g/mol. The van der Waals surface area contributed by atoms with Gasteiger partial charge in [-0.3, -0.25) is 5.32 Å². The first-order valence-electron chi connectivity index (χ1n) is 3.42. The molecule has 0 aliphatic carbocycles. The maximum Gasteiger partial charge on any atom is 0.164 e. The molecule has 0 radical (unpaired) electrons. The van der Waals surface area contributed by atoms with E-state index in [1.54, 1.807) is 12.1 Å². The van der Waals surface area contributed by atoms with Crippen molar-refractivity contribution >= 4 is 0 Å². The van der Waals surface area contributed by atoms with Gasteiger partial charge in [0.1, 0.15) is 11.5 Å². The van der Waals surface area contributed by atoms with Gasteiger partial charge in [-0.25, -0.2) is 0 Å². The molecule has 0 aliphatic heterocycles. The van der Waals surface area contributed by atoms with Crippen LogP contribution < -0.4 is 11.1 Å². The van der Waals surface area contributed by atoms with E-state index < -0.39 is 6.23 Å². The Labute approximate surface area is 65.0 Å². The third-order valence-corrected chi connectivity index (χ3v) is 1.34. The SMILES string of the molecule is Cc1ccc(C(O)NCN)o1. The third-order valence-electron chi connectivity index (χ3n) is 1.34. The molecule has 0 bridgehead atoms. The highest BCUT2D eigenvalue weighted by atomic mass is 16.4. The van der Waals surface area contributed by atoms with Crippen molar-refractivity contribution in [3.63, 3.8) is 0 Å². The highest BCUT2D eigenvalue weighted by molar-refractivity contribution is 5.07.